The number of carboxylic acid groups (broad SMARTS) is 1. The van der Waals surface area contributed by atoms with E-state index in [-0.39, 0.29) is 11.3 Å². The molecule has 1 aromatic heterocycles. The predicted octanol–water partition coefficient (Wildman–Crippen LogP) is 0.144. The molecule has 0 spiro atoms. The van der Waals surface area contributed by atoms with Crippen molar-refractivity contribution in [3.05, 3.63) is 34.2 Å². The summed E-state index contributed by atoms with van der Waals surface area (Å²) in [4.78, 5) is 33.5. The number of aromatic nitrogens is 2. The van der Waals surface area contributed by atoms with E-state index in [0.29, 0.717) is 11.0 Å². The van der Waals surface area contributed by atoms with Crippen LogP contribution in [0.3, 0.4) is 0 Å². The first-order valence-electron chi connectivity index (χ1n) is 4.86. The molecule has 0 unspecified atom stereocenters. The summed E-state index contributed by atoms with van der Waals surface area (Å²) in [5, 5.41) is 8.61. The Morgan fingerprint density at radius 2 is 1.71 bits per heavy atom. The van der Waals surface area contributed by atoms with E-state index in [2.05, 4.69) is 0 Å². The van der Waals surface area contributed by atoms with Gasteiger partial charge in [0.15, 0.2) is 0 Å². The highest BCUT2D eigenvalue weighted by atomic mass is 16.4. The van der Waals surface area contributed by atoms with E-state index in [1.165, 1.54) is 21.3 Å². The molecule has 0 atom stereocenters. The molecular formula is C11H10N2O4. The molecule has 17 heavy (non-hydrogen) atoms. The Kier molecular flexibility index (Phi) is 2.35. The number of carbonyl (C=O) groups is 2. The Morgan fingerprint density at radius 1 is 1.12 bits per heavy atom. The lowest BCUT2D eigenvalue weighted by Crippen LogP contribution is -2.19. The number of rotatable bonds is 2. The summed E-state index contributed by atoms with van der Waals surface area (Å²) in [6.07, 6.45) is 0. The number of nitrogens with zero attached hydrogens (tertiary/aromatic N) is 2. The minimum atomic E-state index is -1.51. The normalized spacial score (nSPS) is 10.7. The lowest BCUT2D eigenvalue weighted by Gasteiger charge is -1.98. The number of hydrogen-bond donors (Lipinski definition) is 1. The second kappa shape index (κ2) is 3.58. The molecule has 6 nitrogen and oxygen atoms in total. The first-order chi connectivity index (χ1) is 7.93. The molecular weight excluding hydrogens is 224 g/mol. The monoisotopic (exact) mass is 234 g/mol. The van der Waals surface area contributed by atoms with Crippen LogP contribution in [0.15, 0.2) is 23.0 Å². The fourth-order valence-electron chi connectivity index (χ4n) is 1.77. The Morgan fingerprint density at radius 3 is 2.29 bits per heavy atom. The fourth-order valence-corrected chi connectivity index (χ4v) is 1.77. The summed E-state index contributed by atoms with van der Waals surface area (Å²) in [5.74, 6) is -2.49. The van der Waals surface area contributed by atoms with Crippen molar-refractivity contribution in [2.45, 2.75) is 0 Å². The number of aryl methyl sites for hydroxylation is 2. The zero-order valence-corrected chi connectivity index (χ0v) is 9.30. The number of hydrogen-bond acceptors (Lipinski definition) is 3. The second-order valence-corrected chi connectivity index (χ2v) is 3.74. The second-order valence-electron chi connectivity index (χ2n) is 3.74. The maximum absolute atomic E-state index is 11.6. The van der Waals surface area contributed by atoms with Crippen molar-refractivity contribution in [2.75, 3.05) is 0 Å². The van der Waals surface area contributed by atoms with Gasteiger partial charge in [-0.2, -0.15) is 0 Å². The molecule has 0 fully saturated rings. The topological polar surface area (TPSA) is 81.3 Å². The van der Waals surface area contributed by atoms with Crippen LogP contribution in [-0.4, -0.2) is 26.0 Å². The zero-order valence-electron chi connectivity index (χ0n) is 9.30. The minimum Gasteiger partial charge on any atom is -0.475 e. The van der Waals surface area contributed by atoms with Crippen LogP contribution in [0.1, 0.15) is 10.4 Å². The number of imidazole rings is 1. The summed E-state index contributed by atoms with van der Waals surface area (Å²) < 4.78 is 2.80. The number of fused-ring (bicyclic) bond motifs is 1. The van der Waals surface area contributed by atoms with Crippen LogP contribution >= 0.6 is 0 Å². The highest BCUT2D eigenvalue weighted by molar-refractivity contribution is 6.40. The van der Waals surface area contributed by atoms with E-state index in [1.54, 1.807) is 20.2 Å². The number of aliphatic carboxylic acids is 1. The molecule has 1 aromatic carbocycles. The van der Waals surface area contributed by atoms with Gasteiger partial charge in [-0.1, -0.05) is 0 Å². The van der Waals surface area contributed by atoms with Crippen LogP contribution in [0.25, 0.3) is 11.0 Å². The van der Waals surface area contributed by atoms with Crippen LogP contribution in [0.2, 0.25) is 0 Å². The average Bonchev–Trinajstić information content (AvgIpc) is 2.53. The first kappa shape index (κ1) is 11.1. The smallest absolute Gasteiger partial charge is 0.377 e. The third kappa shape index (κ3) is 1.54. The molecule has 0 radical (unpaired) electrons. The van der Waals surface area contributed by atoms with Gasteiger partial charge in [-0.15, -0.1) is 0 Å². The maximum atomic E-state index is 11.6. The highest BCUT2D eigenvalue weighted by Gasteiger charge is 2.16. The third-order valence-electron chi connectivity index (χ3n) is 2.73. The average molecular weight is 234 g/mol. The minimum absolute atomic E-state index is 0.0613. The van der Waals surface area contributed by atoms with E-state index in [4.69, 9.17) is 5.11 Å². The first-order valence-corrected chi connectivity index (χ1v) is 4.86. The number of carboxylic acids is 1. The summed E-state index contributed by atoms with van der Waals surface area (Å²) in [5.41, 5.74) is 1.02. The van der Waals surface area contributed by atoms with Gasteiger partial charge in [0.2, 0.25) is 0 Å². The van der Waals surface area contributed by atoms with E-state index in [1.807, 2.05) is 0 Å². The van der Waals surface area contributed by atoms with Gasteiger partial charge in [0, 0.05) is 19.7 Å². The summed E-state index contributed by atoms with van der Waals surface area (Å²) in [6, 6.07) is 4.37. The standard InChI is InChI=1S/C11H10N2O4/c1-12-7-4-3-6(9(14)10(15)16)5-8(7)13(2)11(12)17/h3-5H,1-2H3,(H,15,16). The van der Waals surface area contributed by atoms with Crippen LogP contribution in [0.4, 0.5) is 0 Å². The number of benzene rings is 1. The molecule has 0 saturated carbocycles. The molecule has 0 bridgehead atoms. The molecule has 0 saturated heterocycles. The SMILES string of the molecule is Cn1c(=O)n(C)c2cc(C(=O)C(=O)O)ccc21. The van der Waals surface area contributed by atoms with Crippen molar-refractivity contribution in [2.24, 2.45) is 14.1 Å². The summed E-state index contributed by atoms with van der Waals surface area (Å²) >= 11 is 0. The van der Waals surface area contributed by atoms with Crippen molar-refractivity contribution in [1.82, 2.24) is 9.13 Å². The van der Waals surface area contributed by atoms with Crippen molar-refractivity contribution < 1.29 is 14.7 Å². The van der Waals surface area contributed by atoms with Crippen molar-refractivity contribution >= 4 is 22.8 Å². The molecule has 0 aliphatic carbocycles. The molecule has 0 aliphatic rings. The van der Waals surface area contributed by atoms with E-state index in [9.17, 15) is 14.4 Å². The van der Waals surface area contributed by atoms with Crippen molar-refractivity contribution in [3.8, 4) is 0 Å². The van der Waals surface area contributed by atoms with Gasteiger partial charge in [-0.05, 0) is 18.2 Å². The van der Waals surface area contributed by atoms with Gasteiger partial charge in [0.05, 0.1) is 11.0 Å². The van der Waals surface area contributed by atoms with Gasteiger partial charge in [-0.25, -0.2) is 9.59 Å². The number of ketones is 1. The third-order valence-corrected chi connectivity index (χ3v) is 2.73. The molecule has 0 aliphatic heterocycles. The lowest BCUT2D eigenvalue weighted by atomic mass is 10.1. The van der Waals surface area contributed by atoms with Crippen LogP contribution in [0, 0.1) is 0 Å². The van der Waals surface area contributed by atoms with Crippen molar-refractivity contribution in [1.29, 1.82) is 0 Å². The van der Waals surface area contributed by atoms with Crippen molar-refractivity contribution in [3.63, 3.8) is 0 Å². The number of carbonyl (C=O) groups excluding carboxylic acids is 1. The molecule has 88 valence electrons. The van der Waals surface area contributed by atoms with Gasteiger partial charge in [0.25, 0.3) is 5.78 Å². The van der Waals surface area contributed by atoms with E-state index < -0.39 is 11.8 Å². The zero-order chi connectivity index (χ0) is 12.7. The quantitative estimate of drug-likeness (QED) is 0.592. The molecule has 2 aromatic rings. The van der Waals surface area contributed by atoms with Gasteiger partial charge in [-0.3, -0.25) is 13.9 Å². The molecule has 1 N–H and O–H groups in total. The highest BCUT2D eigenvalue weighted by Crippen LogP contribution is 2.14. The van der Waals surface area contributed by atoms with Crippen LogP contribution in [0.5, 0.6) is 0 Å². The van der Waals surface area contributed by atoms with E-state index >= 15 is 0 Å². The fraction of sp³-hybridized carbons (Fsp3) is 0.182. The summed E-state index contributed by atoms with van der Waals surface area (Å²) in [6.45, 7) is 0. The Hall–Kier alpha value is -2.37. The van der Waals surface area contributed by atoms with Gasteiger partial charge >= 0.3 is 11.7 Å². The number of Topliss-reactive ketones (excluding diaryl/α,β-unsaturated/α-hetero) is 1. The molecule has 1 heterocycles. The predicted molar refractivity (Wildman–Crippen MR) is 60.1 cm³/mol. The Balaban J connectivity index is 2.75. The van der Waals surface area contributed by atoms with Gasteiger partial charge in [0.1, 0.15) is 0 Å². The lowest BCUT2D eigenvalue weighted by molar-refractivity contribution is -0.131. The summed E-state index contributed by atoms with van der Waals surface area (Å²) in [7, 11) is 3.18. The van der Waals surface area contributed by atoms with Crippen LogP contribution < -0.4 is 5.69 Å². The Bertz CT molecular complexity index is 693. The maximum Gasteiger partial charge on any atom is 0.377 e. The van der Waals surface area contributed by atoms with Crippen LogP contribution in [-0.2, 0) is 18.9 Å². The van der Waals surface area contributed by atoms with E-state index in [0.717, 1.165) is 0 Å². The molecule has 0 amide bonds. The Labute approximate surface area is 95.7 Å². The largest absolute Gasteiger partial charge is 0.475 e. The molecule has 2 rings (SSSR count). The molecule has 6 heteroatoms. The van der Waals surface area contributed by atoms with Gasteiger partial charge < -0.3 is 5.11 Å².